The van der Waals surface area contributed by atoms with Crippen LogP contribution in [-0.2, 0) is 4.79 Å². The zero-order valence-electron chi connectivity index (χ0n) is 13.2. The Balaban J connectivity index is 1.63. The molecule has 22 heavy (non-hydrogen) atoms. The topological polar surface area (TPSA) is 32.3 Å². The van der Waals surface area contributed by atoms with E-state index < -0.39 is 0 Å². The molecular weight excluding hydrogens is 279 g/mol. The fourth-order valence-electron chi connectivity index (χ4n) is 2.85. The molecule has 120 valence electrons. The molecular formula is C18H25FN2O. The molecule has 1 atom stereocenters. The number of hydrogen-bond donors (Lipinski definition) is 1. The predicted octanol–water partition coefficient (Wildman–Crippen LogP) is 3.08. The largest absolute Gasteiger partial charge is 0.353 e. The van der Waals surface area contributed by atoms with Crippen LogP contribution in [0.2, 0.25) is 0 Å². The minimum Gasteiger partial charge on any atom is -0.353 e. The molecule has 0 bridgehead atoms. The summed E-state index contributed by atoms with van der Waals surface area (Å²) in [4.78, 5) is 14.2. The average Bonchev–Trinajstić information content (AvgIpc) is 2.50. The van der Waals surface area contributed by atoms with E-state index in [0.29, 0.717) is 12.1 Å². The molecule has 1 N–H and O–H groups in total. The summed E-state index contributed by atoms with van der Waals surface area (Å²) >= 11 is 0. The van der Waals surface area contributed by atoms with Crippen LogP contribution in [-0.4, -0.2) is 37.0 Å². The van der Waals surface area contributed by atoms with Gasteiger partial charge in [-0.1, -0.05) is 19.1 Å². The van der Waals surface area contributed by atoms with Gasteiger partial charge in [-0.3, -0.25) is 4.79 Å². The number of carbonyl (C=O) groups is 1. The van der Waals surface area contributed by atoms with Gasteiger partial charge >= 0.3 is 0 Å². The quantitative estimate of drug-likeness (QED) is 0.647. The molecule has 1 fully saturated rings. The van der Waals surface area contributed by atoms with Gasteiger partial charge in [-0.05, 0) is 62.0 Å². The number of nitrogens with one attached hydrogen (secondary N) is 1. The number of amides is 1. The van der Waals surface area contributed by atoms with E-state index in [1.165, 1.54) is 44.1 Å². The SMILES string of the molecule is C[C@@H]1CCCN(CCCNC(=O)/C=C/c2cccc(F)c2)C1. The number of nitrogens with zero attached hydrogens (tertiary/aromatic N) is 1. The van der Waals surface area contributed by atoms with Crippen molar-refractivity contribution in [2.24, 2.45) is 5.92 Å². The Bertz CT molecular complexity index is 516. The first-order valence-electron chi connectivity index (χ1n) is 8.07. The highest BCUT2D eigenvalue weighted by atomic mass is 19.1. The van der Waals surface area contributed by atoms with Gasteiger partial charge in [-0.2, -0.15) is 0 Å². The van der Waals surface area contributed by atoms with Gasteiger partial charge in [-0.15, -0.1) is 0 Å². The second-order valence-corrected chi connectivity index (χ2v) is 6.08. The molecule has 0 unspecified atom stereocenters. The third-order valence-corrected chi connectivity index (χ3v) is 3.97. The second kappa shape index (κ2) is 8.69. The van der Waals surface area contributed by atoms with Gasteiger partial charge in [0.2, 0.25) is 5.91 Å². The number of carbonyl (C=O) groups excluding carboxylic acids is 1. The van der Waals surface area contributed by atoms with Crippen LogP contribution >= 0.6 is 0 Å². The van der Waals surface area contributed by atoms with Crippen LogP contribution in [0.4, 0.5) is 4.39 Å². The maximum atomic E-state index is 13.0. The number of hydrogen-bond acceptors (Lipinski definition) is 2. The lowest BCUT2D eigenvalue weighted by molar-refractivity contribution is -0.116. The number of benzene rings is 1. The summed E-state index contributed by atoms with van der Waals surface area (Å²) < 4.78 is 13.0. The Hall–Kier alpha value is -1.68. The van der Waals surface area contributed by atoms with Crippen LogP contribution in [0.1, 0.15) is 31.7 Å². The molecule has 0 aliphatic carbocycles. The Morgan fingerprint density at radius 1 is 1.50 bits per heavy atom. The summed E-state index contributed by atoms with van der Waals surface area (Å²) in [5, 5.41) is 2.87. The van der Waals surface area contributed by atoms with Crippen molar-refractivity contribution in [3.63, 3.8) is 0 Å². The summed E-state index contributed by atoms with van der Waals surface area (Å²) in [6.07, 6.45) is 6.66. The van der Waals surface area contributed by atoms with E-state index in [1.54, 1.807) is 18.2 Å². The van der Waals surface area contributed by atoms with E-state index in [0.717, 1.165) is 18.9 Å². The van der Waals surface area contributed by atoms with E-state index in [1.807, 2.05) is 0 Å². The molecule has 1 amide bonds. The molecule has 1 aromatic rings. The predicted molar refractivity (Wildman–Crippen MR) is 87.9 cm³/mol. The van der Waals surface area contributed by atoms with Crippen LogP contribution < -0.4 is 5.32 Å². The van der Waals surface area contributed by atoms with Crippen molar-refractivity contribution in [2.45, 2.75) is 26.2 Å². The van der Waals surface area contributed by atoms with Crippen molar-refractivity contribution in [3.8, 4) is 0 Å². The van der Waals surface area contributed by atoms with Gasteiger partial charge in [0.05, 0.1) is 0 Å². The van der Waals surface area contributed by atoms with Gasteiger partial charge in [-0.25, -0.2) is 4.39 Å². The third kappa shape index (κ3) is 5.98. The third-order valence-electron chi connectivity index (χ3n) is 3.97. The Morgan fingerprint density at radius 2 is 2.36 bits per heavy atom. The van der Waals surface area contributed by atoms with E-state index in [-0.39, 0.29) is 11.7 Å². The van der Waals surface area contributed by atoms with E-state index in [2.05, 4.69) is 17.1 Å². The van der Waals surface area contributed by atoms with E-state index in [4.69, 9.17) is 0 Å². The van der Waals surface area contributed by atoms with Crippen LogP contribution in [0.5, 0.6) is 0 Å². The molecule has 0 radical (unpaired) electrons. The van der Waals surface area contributed by atoms with Crippen LogP contribution in [0.3, 0.4) is 0 Å². The molecule has 0 aromatic heterocycles. The van der Waals surface area contributed by atoms with Crippen molar-refractivity contribution < 1.29 is 9.18 Å². The lowest BCUT2D eigenvalue weighted by Crippen LogP contribution is -2.36. The highest BCUT2D eigenvalue weighted by Crippen LogP contribution is 2.15. The van der Waals surface area contributed by atoms with Crippen molar-refractivity contribution in [1.29, 1.82) is 0 Å². The summed E-state index contributed by atoms with van der Waals surface area (Å²) in [6.45, 7) is 6.37. The van der Waals surface area contributed by atoms with Gasteiger partial charge < -0.3 is 10.2 Å². The molecule has 0 spiro atoms. The first-order chi connectivity index (χ1) is 10.6. The monoisotopic (exact) mass is 304 g/mol. The fourth-order valence-corrected chi connectivity index (χ4v) is 2.85. The highest BCUT2D eigenvalue weighted by Gasteiger charge is 2.15. The lowest BCUT2D eigenvalue weighted by atomic mass is 10.0. The van der Waals surface area contributed by atoms with Crippen LogP contribution in [0, 0.1) is 11.7 Å². The van der Waals surface area contributed by atoms with E-state index in [9.17, 15) is 9.18 Å². The Kier molecular flexibility index (Phi) is 6.59. The molecule has 3 nitrogen and oxygen atoms in total. The molecule has 1 aliphatic heterocycles. The minimum absolute atomic E-state index is 0.128. The van der Waals surface area contributed by atoms with Crippen LogP contribution in [0.25, 0.3) is 6.08 Å². The molecule has 1 saturated heterocycles. The fraction of sp³-hybridized carbons (Fsp3) is 0.500. The molecule has 2 rings (SSSR count). The van der Waals surface area contributed by atoms with Gasteiger partial charge in [0.25, 0.3) is 0 Å². The van der Waals surface area contributed by atoms with E-state index >= 15 is 0 Å². The van der Waals surface area contributed by atoms with Crippen LogP contribution in [0.15, 0.2) is 30.3 Å². The van der Waals surface area contributed by atoms with Crippen molar-refractivity contribution in [1.82, 2.24) is 10.2 Å². The maximum absolute atomic E-state index is 13.0. The summed E-state index contributed by atoms with van der Waals surface area (Å²) in [6, 6.07) is 6.19. The minimum atomic E-state index is -0.293. The second-order valence-electron chi connectivity index (χ2n) is 6.08. The highest BCUT2D eigenvalue weighted by molar-refractivity contribution is 5.91. The normalized spacial score (nSPS) is 19.5. The Morgan fingerprint density at radius 3 is 3.14 bits per heavy atom. The maximum Gasteiger partial charge on any atom is 0.243 e. The number of halogens is 1. The van der Waals surface area contributed by atoms with Crippen molar-refractivity contribution >= 4 is 12.0 Å². The smallest absolute Gasteiger partial charge is 0.243 e. The zero-order chi connectivity index (χ0) is 15.8. The molecule has 0 saturated carbocycles. The average molecular weight is 304 g/mol. The first kappa shape index (κ1) is 16.7. The summed E-state index contributed by atoms with van der Waals surface area (Å²) in [5.41, 5.74) is 0.692. The zero-order valence-corrected chi connectivity index (χ0v) is 13.2. The Labute approximate surface area is 132 Å². The molecule has 1 aromatic carbocycles. The summed E-state index contributed by atoms with van der Waals surface area (Å²) in [7, 11) is 0. The molecule has 4 heteroatoms. The number of rotatable bonds is 6. The number of piperidine rings is 1. The lowest BCUT2D eigenvalue weighted by Gasteiger charge is -2.30. The van der Waals surface area contributed by atoms with Gasteiger partial charge in [0, 0.05) is 19.2 Å². The molecule has 1 aliphatic rings. The van der Waals surface area contributed by atoms with Crippen molar-refractivity contribution in [3.05, 3.63) is 41.7 Å². The summed E-state index contributed by atoms with van der Waals surface area (Å²) in [5.74, 6) is 0.368. The first-order valence-corrected chi connectivity index (χ1v) is 8.07. The standard InChI is InChI=1S/C18H25FN2O/c1-15-5-3-11-21(14-15)12-4-10-20-18(22)9-8-16-6-2-7-17(19)13-16/h2,6-9,13,15H,3-5,10-12,14H2,1H3,(H,20,22)/b9-8+/t15-/m1/s1. The van der Waals surface area contributed by atoms with Gasteiger partial charge in [0.15, 0.2) is 0 Å². The molecule has 1 heterocycles. The number of likely N-dealkylation sites (tertiary alicyclic amines) is 1. The van der Waals surface area contributed by atoms with Crippen molar-refractivity contribution in [2.75, 3.05) is 26.2 Å². The van der Waals surface area contributed by atoms with Gasteiger partial charge in [0.1, 0.15) is 5.82 Å².